The lowest BCUT2D eigenvalue weighted by molar-refractivity contribution is 0.827. The van der Waals surface area contributed by atoms with Crippen LogP contribution < -0.4 is 4.90 Å². The molecule has 0 amide bonds. The average Bonchev–Trinajstić information content (AvgIpc) is 3.64. The van der Waals surface area contributed by atoms with Crippen LogP contribution in [0.1, 0.15) is 18.1 Å². The molecule has 49 heavy (non-hydrogen) atoms. The third-order valence-corrected chi connectivity index (χ3v) is 9.46. The van der Waals surface area contributed by atoms with E-state index in [1.807, 2.05) is 18.2 Å². The maximum absolute atomic E-state index is 2.41. The summed E-state index contributed by atoms with van der Waals surface area (Å²) >= 11 is 0. The van der Waals surface area contributed by atoms with Gasteiger partial charge in [0.1, 0.15) is 0 Å². The molecule has 2 aromatic heterocycles. The van der Waals surface area contributed by atoms with Crippen LogP contribution in [0.15, 0.2) is 170 Å². The maximum atomic E-state index is 2.41. The molecule has 0 atom stereocenters. The molecule has 3 heteroatoms. The molecule has 0 saturated carbocycles. The van der Waals surface area contributed by atoms with E-state index < -0.39 is 0 Å². The van der Waals surface area contributed by atoms with Gasteiger partial charge < -0.3 is 14.0 Å². The van der Waals surface area contributed by atoms with Crippen molar-refractivity contribution in [2.75, 3.05) is 4.90 Å². The van der Waals surface area contributed by atoms with Crippen molar-refractivity contribution in [3.05, 3.63) is 181 Å². The van der Waals surface area contributed by atoms with Crippen LogP contribution in [0, 0.1) is 13.8 Å². The standard InChI is InChI=1S/C39H31N3.C7H8/c1-3-40-36-17-11-10-16-32(36)34-25-30(19-22-37(34)40)41(28-12-6-4-7-13-28)31-20-23-39-35(26-31)33-24-27(2)18-21-38(33)42(39)29-14-8-5-9-15-29;1-7-5-3-2-4-6-7/h4-26H,3H2,1-2H3;2-6H,1H3. The molecular formula is C46H39N3. The fourth-order valence-electron chi connectivity index (χ4n) is 7.20. The minimum Gasteiger partial charge on any atom is -0.341 e. The van der Waals surface area contributed by atoms with Gasteiger partial charge in [-0.1, -0.05) is 102 Å². The van der Waals surface area contributed by atoms with Gasteiger partial charge in [-0.05, 0) is 99.6 Å². The summed E-state index contributed by atoms with van der Waals surface area (Å²) in [6.07, 6.45) is 0. The SMILES string of the molecule is CCn1c2ccccc2c2cc(N(c3ccccc3)c3ccc4c(c3)c3cc(C)ccc3n4-c3ccccc3)ccc21.Cc1ccccc1. The topological polar surface area (TPSA) is 13.1 Å². The highest BCUT2D eigenvalue weighted by atomic mass is 15.1. The second-order valence-corrected chi connectivity index (χ2v) is 12.7. The van der Waals surface area contributed by atoms with Crippen LogP contribution in [0.2, 0.25) is 0 Å². The molecule has 0 spiro atoms. The Morgan fingerprint density at radius 3 is 1.55 bits per heavy atom. The fraction of sp³-hybridized carbons (Fsp3) is 0.0870. The second kappa shape index (κ2) is 12.9. The molecule has 7 aromatic carbocycles. The highest BCUT2D eigenvalue weighted by Gasteiger charge is 2.19. The Morgan fingerprint density at radius 2 is 0.918 bits per heavy atom. The molecule has 9 rings (SSSR count). The first-order valence-corrected chi connectivity index (χ1v) is 17.1. The van der Waals surface area contributed by atoms with Crippen molar-refractivity contribution >= 4 is 60.7 Å². The van der Waals surface area contributed by atoms with E-state index in [2.05, 4.69) is 186 Å². The monoisotopic (exact) mass is 633 g/mol. The quantitative estimate of drug-likeness (QED) is 0.184. The van der Waals surface area contributed by atoms with Crippen LogP contribution in [0.3, 0.4) is 0 Å². The van der Waals surface area contributed by atoms with Gasteiger partial charge in [0.05, 0.1) is 11.0 Å². The molecule has 0 radical (unpaired) electrons. The van der Waals surface area contributed by atoms with Crippen LogP contribution in [0.4, 0.5) is 17.1 Å². The van der Waals surface area contributed by atoms with Crippen LogP contribution in [-0.4, -0.2) is 9.13 Å². The Balaban J connectivity index is 0.000000446. The zero-order valence-corrected chi connectivity index (χ0v) is 28.2. The van der Waals surface area contributed by atoms with Gasteiger partial charge in [-0.2, -0.15) is 0 Å². The summed E-state index contributed by atoms with van der Waals surface area (Å²) in [6, 6.07) is 61.0. The van der Waals surface area contributed by atoms with Crippen LogP contribution >= 0.6 is 0 Å². The van der Waals surface area contributed by atoms with Crippen molar-refractivity contribution < 1.29 is 0 Å². The van der Waals surface area contributed by atoms with Gasteiger partial charge in [-0.15, -0.1) is 0 Å². The number of aromatic nitrogens is 2. The summed E-state index contributed by atoms with van der Waals surface area (Å²) in [5.74, 6) is 0. The largest absolute Gasteiger partial charge is 0.341 e. The van der Waals surface area contributed by atoms with Gasteiger partial charge in [0, 0.05) is 61.9 Å². The number of nitrogens with zero attached hydrogens (tertiary/aromatic N) is 3. The van der Waals surface area contributed by atoms with E-state index >= 15 is 0 Å². The van der Waals surface area contributed by atoms with Crippen molar-refractivity contribution in [1.82, 2.24) is 9.13 Å². The number of fused-ring (bicyclic) bond motifs is 6. The molecule has 0 aliphatic heterocycles. The lowest BCUT2D eigenvalue weighted by atomic mass is 10.1. The number of rotatable bonds is 5. The molecule has 238 valence electrons. The zero-order chi connectivity index (χ0) is 33.3. The Hall–Kier alpha value is -6.06. The summed E-state index contributed by atoms with van der Waals surface area (Å²) in [6.45, 7) is 7.42. The zero-order valence-electron chi connectivity index (χ0n) is 28.2. The number of hydrogen-bond donors (Lipinski definition) is 0. The first kappa shape index (κ1) is 30.3. The van der Waals surface area contributed by atoms with Crippen LogP contribution in [-0.2, 0) is 6.54 Å². The van der Waals surface area contributed by atoms with Crippen molar-refractivity contribution in [2.24, 2.45) is 0 Å². The summed E-state index contributed by atoms with van der Waals surface area (Å²) in [7, 11) is 0. The number of anilines is 3. The fourth-order valence-corrected chi connectivity index (χ4v) is 7.20. The Bertz CT molecular complexity index is 2540. The minimum absolute atomic E-state index is 0.938. The van der Waals surface area contributed by atoms with Gasteiger partial charge in [0.15, 0.2) is 0 Å². The van der Waals surface area contributed by atoms with Crippen molar-refractivity contribution in [2.45, 2.75) is 27.3 Å². The van der Waals surface area contributed by atoms with Crippen LogP contribution in [0.25, 0.3) is 49.3 Å². The molecular weight excluding hydrogens is 595 g/mol. The van der Waals surface area contributed by atoms with Gasteiger partial charge in [0.2, 0.25) is 0 Å². The number of aryl methyl sites for hydroxylation is 3. The second-order valence-electron chi connectivity index (χ2n) is 12.7. The van der Waals surface area contributed by atoms with E-state index in [0.717, 1.165) is 23.6 Å². The normalized spacial score (nSPS) is 11.2. The highest BCUT2D eigenvalue weighted by molar-refractivity contribution is 6.12. The van der Waals surface area contributed by atoms with Crippen molar-refractivity contribution in [3.8, 4) is 5.69 Å². The van der Waals surface area contributed by atoms with E-state index in [1.54, 1.807) is 0 Å². The first-order chi connectivity index (χ1) is 24.1. The molecule has 0 N–H and O–H groups in total. The highest BCUT2D eigenvalue weighted by Crippen LogP contribution is 2.41. The Kier molecular flexibility index (Phi) is 7.95. The molecule has 0 aliphatic carbocycles. The molecule has 0 aliphatic rings. The van der Waals surface area contributed by atoms with Gasteiger partial charge in [-0.3, -0.25) is 0 Å². The lowest BCUT2D eigenvalue weighted by Crippen LogP contribution is -2.09. The molecule has 0 bridgehead atoms. The maximum Gasteiger partial charge on any atom is 0.0542 e. The summed E-state index contributed by atoms with van der Waals surface area (Å²) < 4.78 is 4.79. The number of benzene rings is 7. The summed E-state index contributed by atoms with van der Waals surface area (Å²) in [5.41, 5.74) is 12.2. The van der Waals surface area contributed by atoms with E-state index in [1.165, 1.54) is 60.4 Å². The first-order valence-electron chi connectivity index (χ1n) is 17.1. The van der Waals surface area contributed by atoms with E-state index in [-0.39, 0.29) is 0 Å². The Labute approximate surface area is 287 Å². The van der Waals surface area contributed by atoms with Crippen LogP contribution in [0.5, 0.6) is 0 Å². The predicted octanol–water partition coefficient (Wildman–Crippen LogP) is 12.7. The van der Waals surface area contributed by atoms with Gasteiger partial charge in [-0.25, -0.2) is 0 Å². The molecule has 2 heterocycles. The molecule has 0 fully saturated rings. The smallest absolute Gasteiger partial charge is 0.0542 e. The molecule has 3 nitrogen and oxygen atoms in total. The van der Waals surface area contributed by atoms with Gasteiger partial charge in [0.25, 0.3) is 0 Å². The summed E-state index contributed by atoms with van der Waals surface area (Å²) in [5, 5.41) is 5.09. The minimum atomic E-state index is 0.938. The van der Waals surface area contributed by atoms with Crippen molar-refractivity contribution in [3.63, 3.8) is 0 Å². The third-order valence-electron chi connectivity index (χ3n) is 9.46. The lowest BCUT2D eigenvalue weighted by Gasteiger charge is -2.26. The van der Waals surface area contributed by atoms with E-state index in [4.69, 9.17) is 0 Å². The predicted molar refractivity (Wildman–Crippen MR) is 210 cm³/mol. The van der Waals surface area contributed by atoms with Crippen molar-refractivity contribution in [1.29, 1.82) is 0 Å². The average molecular weight is 634 g/mol. The third kappa shape index (κ3) is 5.54. The molecule has 0 unspecified atom stereocenters. The van der Waals surface area contributed by atoms with Gasteiger partial charge >= 0.3 is 0 Å². The number of para-hydroxylation sites is 3. The molecule has 0 saturated heterocycles. The van der Waals surface area contributed by atoms with E-state index in [0.29, 0.717) is 0 Å². The van der Waals surface area contributed by atoms with E-state index in [9.17, 15) is 0 Å². The number of hydrogen-bond acceptors (Lipinski definition) is 1. The molecule has 9 aromatic rings. The summed E-state index contributed by atoms with van der Waals surface area (Å²) in [4.78, 5) is 2.39. The Morgan fingerprint density at radius 1 is 0.408 bits per heavy atom.